The number of nitrogens with one attached hydrogen (secondary N) is 1. The maximum Gasteiger partial charge on any atom is 0.252 e. The highest BCUT2D eigenvalue weighted by Gasteiger charge is 2.59. The van der Waals surface area contributed by atoms with E-state index in [0.29, 0.717) is 18.2 Å². The van der Waals surface area contributed by atoms with Gasteiger partial charge in [0.1, 0.15) is 18.0 Å². The maximum absolute atomic E-state index is 14.6. The Bertz CT molecular complexity index is 1680. The van der Waals surface area contributed by atoms with Crippen LogP contribution in [0.15, 0.2) is 42.9 Å². The van der Waals surface area contributed by atoms with Gasteiger partial charge in [-0.25, -0.2) is 23.7 Å². The summed E-state index contributed by atoms with van der Waals surface area (Å²) < 4.78 is 50.0. The van der Waals surface area contributed by atoms with Gasteiger partial charge in [-0.05, 0) is 60.4 Å². The van der Waals surface area contributed by atoms with Crippen molar-refractivity contribution in [2.24, 2.45) is 5.41 Å². The predicted molar refractivity (Wildman–Crippen MR) is 141 cm³/mol. The number of hydrogen-bond donors (Lipinski definition) is 1. The topological polar surface area (TPSA) is 123 Å². The Labute approximate surface area is 225 Å². The lowest BCUT2D eigenvalue weighted by Crippen LogP contribution is -2.53. The summed E-state index contributed by atoms with van der Waals surface area (Å²) in [6, 6.07) is 7.46. The second-order valence-corrected chi connectivity index (χ2v) is 13.6. The van der Waals surface area contributed by atoms with Gasteiger partial charge in [-0.15, -0.1) is 10.2 Å². The van der Waals surface area contributed by atoms with Gasteiger partial charge in [0.15, 0.2) is 5.82 Å². The van der Waals surface area contributed by atoms with Gasteiger partial charge < -0.3 is 0 Å². The van der Waals surface area contributed by atoms with Crippen LogP contribution in [0.1, 0.15) is 61.8 Å². The lowest BCUT2D eigenvalue weighted by molar-refractivity contribution is 0.0810. The van der Waals surface area contributed by atoms with Crippen LogP contribution in [0.5, 0.6) is 0 Å². The molecule has 3 aromatic heterocycles. The van der Waals surface area contributed by atoms with Crippen LogP contribution in [-0.2, 0) is 21.6 Å². The SMILES string of the molecule is CC1(C)C[C@H]2CC[C@]1(c1ccnc(-n3cnc(CCS(C)(=N)=O)n3)n1)c1nnc(-c3c(F)cccc3F)cc12. The summed E-state index contributed by atoms with van der Waals surface area (Å²) in [5, 5.41) is 13.4. The molecule has 2 bridgehead atoms. The molecule has 1 saturated carbocycles. The summed E-state index contributed by atoms with van der Waals surface area (Å²) in [7, 11) is -2.65. The van der Waals surface area contributed by atoms with Crippen molar-refractivity contribution < 1.29 is 13.0 Å². The van der Waals surface area contributed by atoms with Gasteiger partial charge in [-0.1, -0.05) is 19.9 Å². The molecule has 3 aliphatic carbocycles. The molecule has 3 aliphatic rings. The van der Waals surface area contributed by atoms with Crippen LogP contribution in [-0.4, -0.2) is 51.1 Å². The Morgan fingerprint density at radius 3 is 2.64 bits per heavy atom. The van der Waals surface area contributed by atoms with Crippen molar-refractivity contribution in [1.29, 1.82) is 4.78 Å². The molecule has 39 heavy (non-hydrogen) atoms. The molecule has 202 valence electrons. The summed E-state index contributed by atoms with van der Waals surface area (Å²) in [5.74, 6) is -0.164. The summed E-state index contributed by atoms with van der Waals surface area (Å²) in [4.78, 5) is 13.6. The third-order valence-electron chi connectivity index (χ3n) is 8.21. The lowest BCUT2D eigenvalue weighted by atomic mass is 9.47. The van der Waals surface area contributed by atoms with Gasteiger partial charge in [0.2, 0.25) is 0 Å². The Balaban J connectivity index is 1.43. The third-order valence-corrected chi connectivity index (χ3v) is 9.19. The fourth-order valence-electron chi connectivity index (χ4n) is 6.33. The molecule has 0 amide bonds. The molecule has 3 heterocycles. The Morgan fingerprint density at radius 1 is 1.15 bits per heavy atom. The first-order chi connectivity index (χ1) is 18.5. The van der Waals surface area contributed by atoms with E-state index in [0.717, 1.165) is 36.2 Å². The Hall–Kier alpha value is -3.67. The van der Waals surface area contributed by atoms with Crippen molar-refractivity contribution in [3.05, 3.63) is 77.3 Å². The van der Waals surface area contributed by atoms with Crippen LogP contribution in [0.4, 0.5) is 8.78 Å². The van der Waals surface area contributed by atoms with Gasteiger partial charge in [0, 0.05) is 34.4 Å². The minimum atomic E-state index is -2.65. The molecule has 0 saturated heterocycles. The van der Waals surface area contributed by atoms with Gasteiger partial charge in [0.25, 0.3) is 5.95 Å². The lowest BCUT2D eigenvalue weighted by Gasteiger charge is -2.56. The molecule has 12 heteroatoms. The zero-order chi connectivity index (χ0) is 27.6. The number of aromatic nitrogens is 7. The van der Waals surface area contributed by atoms with Gasteiger partial charge in [-0.3, -0.25) is 8.99 Å². The minimum Gasteiger partial charge on any atom is -0.253 e. The van der Waals surface area contributed by atoms with E-state index in [4.69, 9.17) is 9.76 Å². The Kier molecular flexibility index (Phi) is 5.87. The molecule has 4 aromatic rings. The molecule has 9 nitrogen and oxygen atoms in total. The standard InChI is InChI=1S/C27H28F2N8OS/c1-26(2)14-16-7-10-27(26,24-17(16)13-20(34-35-24)23-18(28)5-4-6-19(23)29)21-8-11-31-25(33-21)37-15-32-22(36-37)9-12-39(3,30)38/h4-6,8,11,13,15-16,30H,7,9-10,12,14H2,1-3H3/t16-,27+,39?/m1/s1. The Morgan fingerprint density at radius 2 is 1.92 bits per heavy atom. The fraction of sp³-hybridized carbons (Fsp3) is 0.407. The van der Waals surface area contributed by atoms with E-state index in [1.54, 1.807) is 12.3 Å². The quantitative estimate of drug-likeness (QED) is 0.372. The first kappa shape index (κ1) is 25.6. The number of benzene rings is 1. The molecule has 0 aliphatic heterocycles. The molecular formula is C27H28F2N8OS. The summed E-state index contributed by atoms with van der Waals surface area (Å²) in [5.41, 5.74) is 1.72. The van der Waals surface area contributed by atoms with Gasteiger partial charge in [-0.2, -0.15) is 9.78 Å². The molecule has 7 rings (SSSR count). The molecule has 1 fully saturated rings. The average Bonchev–Trinajstić information content (AvgIpc) is 3.36. The summed E-state index contributed by atoms with van der Waals surface area (Å²) in [6.07, 6.45) is 7.46. The molecule has 0 radical (unpaired) electrons. The van der Waals surface area contributed by atoms with E-state index in [9.17, 15) is 13.0 Å². The van der Waals surface area contributed by atoms with Crippen LogP contribution in [0, 0.1) is 21.8 Å². The predicted octanol–water partition coefficient (Wildman–Crippen LogP) is 4.60. The normalized spacial score (nSPS) is 22.8. The number of hydrogen-bond acceptors (Lipinski definition) is 8. The van der Waals surface area contributed by atoms with Crippen molar-refractivity contribution in [2.45, 2.75) is 50.9 Å². The van der Waals surface area contributed by atoms with Crippen molar-refractivity contribution in [3.63, 3.8) is 0 Å². The summed E-state index contributed by atoms with van der Waals surface area (Å²) >= 11 is 0. The number of fused-ring (bicyclic) bond motifs is 2. The molecule has 3 atom stereocenters. The zero-order valence-corrected chi connectivity index (χ0v) is 22.7. The minimum absolute atomic E-state index is 0.168. The van der Waals surface area contributed by atoms with Crippen LogP contribution >= 0.6 is 0 Å². The highest BCUT2D eigenvalue weighted by atomic mass is 32.2. The van der Waals surface area contributed by atoms with E-state index in [1.807, 2.05) is 6.07 Å². The van der Waals surface area contributed by atoms with Crippen molar-refractivity contribution in [2.75, 3.05) is 12.0 Å². The third kappa shape index (κ3) is 4.21. The largest absolute Gasteiger partial charge is 0.253 e. The molecular weight excluding hydrogens is 522 g/mol. The second kappa shape index (κ2) is 8.94. The first-order valence-electron chi connectivity index (χ1n) is 12.8. The van der Waals surface area contributed by atoms with Crippen LogP contribution < -0.4 is 0 Å². The van der Waals surface area contributed by atoms with Crippen LogP contribution in [0.25, 0.3) is 17.2 Å². The van der Waals surface area contributed by atoms with Crippen LogP contribution in [0.2, 0.25) is 0 Å². The van der Waals surface area contributed by atoms with E-state index in [-0.39, 0.29) is 28.3 Å². The summed E-state index contributed by atoms with van der Waals surface area (Å²) in [6.45, 7) is 4.40. The molecule has 1 unspecified atom stereocenters. The van der Waals surface area contributed by atoms with E-state index in [1.165, 1.54) is 35.5 Å². The average molecular weight is 551 g/mol. The smallest absolute Gasteiger partial charge is 0.252 e. The van der Waals surface area contributed by atoms with Crippen molar-refractivity contribution >= 4 is 9.73 Å². The molecule has 1 aromatic carbocycles. The molecule has 1 N–H and O–H groups in total. The van der Waals surface area contributed by atoms with E-state index < -0.39 is 26.8 Å². The highest BCUT2D eigenvalue weighted by Crippen LogP contribution is 2.63. The van der Waals surface area contributed by atoms with Crippen molar-refractivity contribution in [3.8, 4) is 17.2 Å². The van der Waals surface area contributed by atoms with E-state index >= 15 is 0 Å². The maximum atomic E-state index is 14.6. The fourth-order valence-corrected chi connectivity index (χ4v) is 6.90. The first-order valence-corrected chi connectivity index (χ1v) is 14.9. The van der Waals surface area contributed by atoms with Crippen LogP contribution in [0.3, 0.4) is 0 Å². The van der Waals surface area contributed by atoms with Gasteiger partial charge >= 0.3 is 0 Å². The van der Waals surface area contributed by atoms with Gasteiger partial charge in [0.05, 0.1) is 28.1 Å². The second-order valence-electron chi connectivity index (χ2n) is 11.2. The monoisotopic (exact) mass is 550 g/mol. The molecule has 0 spiro atoms. The number of halogens is 2. The number of rotatable bonds is 6. The van der Waals surface area contributed by atoms with E-state index in [2.05, 4.69) is 39.1 Å². The highest BCUT2D eigenvalue weighted by molar-refractivity contribution is 7.91. The zero-order valence-electron chi connectivity index (χ0n) is 21.9. The number of aryl methyl sites for hydroxylation is 1. The number of nitrogens with zero attached hydrogens (tertiary/aromatic N) is 7. The van der Waals surface area contributed by atoms with Crippen molar-refractivity contribution in [1.82, 2.24) is 34.9 Å².